The molecule has 180 valence electrons. The molecule has 0 radical (unpaired) electrons. The zero-order valence-corrected chi connectivity index (χ0v) is 19.8. The Morgan fingerprint density at radius 3 is 2.37 bits per heavy atom. The van der Waals surface area contributed by atoms with E-state index in [1.807, 2.05) is 30.3 Å². The van der Waals surface area contributed by atoms with Crippen LogP contribution in [0.25, 0.3) is 0 Å². The first-order valence-corrected chi connectivity index (χ1v) is 11.1. The number of urea groups is 1. The van der Waals surface area contributed by atoms with Crippen LogP contribution in [0.5, 0.6) is 17.2 Å². The molecular formula is C27H27N3O5. The molecule has 0 saturated carbocycles. The molecule has 0 aliphatic carbocycles. The van der Waals surface area contributed by atoms with E-state index in [2.05, 4.69) is 16.0 Å². The molecule has 0 saturated heterocycles. The second-order valence-corrected chi connectivity index (χ2v) is 7.94. The Kier molecular flexibility index (Phi) is 7.21. The first kappa shape index (κ1) is 23.7. The van der Waals surface area contributed by atoms with Gasteiger partial charge in [0.15, 0.2) is 11.5 Å². The van der Waals surface area contributed by atoms with Crippen LogP contribution < -0.4 is 30.2 Å². The van der Waals surface area contributed by atoms with Gasteiger partial charge in [-0.25, -0.2) is 4.79 Å². The van der Waals surface area contributed by atoms with Gasteiger partial charge in [0.2, 0.25) is 0 Å². The number of methoxy groups -OCH3 is 2. The second-order valence-electron chi connectivity index (χ2n) is 7.94. The monoisotopic (exact) mass is 473 g/mol. The summed E-state index contributed by atoms with van der Waals surface area (Å²) in [6.45, 7) is 2.05. The molecule has 3 aromatic carbocycles. The van der Waals surface area contributed by atoms with Gasteiger partial charge in [-0.1, -0.05) is 36.4 Å². The van der Waals surface area contributed by atoms with E-state index < -0.39 is 12.1 Å². The van der Waals surface area contributed by atoms with Gasteiger partial charge in [-0.15, -0.1) is 0 Å². The number of rotatable bonds is 8. The highest BCUT2D eigenvalue weighted by Gasteiger charge is 2.32. The number of nitrogens with one attached hydrogen (secondary N) is 3. The molecule has 35 heavy (non-hydrogen) atoms. The van der Waals surface area contributed by atoms with Gasteiger partial charge in [0.25, 0.3) is 5.91 Å². The van der Waals surface area contributed by atoms with Gasteiger partial charge in [0.1, 0.15) is 12.4 Å². The van der Waals surface area contributed by atoms with Crippen LogP contribution in [0, 0.1) is 0 Å². The lowest BCUT2D eigenvalue weighted by molar-refractivity contribution is -0.113. The van der Waals surface area contributed by atoms with E-state index in [0.29, 0.717) is 46.4 Å². The van der Waals surface area contributed by atoms with Crippen molar-refractivity contribution in [2.75, 3.05) is 19.5 Å². The molecule has 1 heterocycles. The summed E-state index contributed by atoms with van der Waals surface area (Å²) < 4.78 is 16.7. The van der Waals surface area contributed by atoms with Gasteiger partial charge < -0.3 is 30.2 Å². The molecule has 3 amide bonds. The summed E-state index contributed by atoms with van der Waals surface area (Å²) in [4.78, 5) is 25.6. The van der Waals surface area contributed by atoms with Crippen molar-refractivity contribution in [2.24, 2.45) is 0 Å². The number of amides is 3. The van der Waals surface area contributed by atoms with Gasteiger partial charge in [-0.2, -0.15) is 0 Å². The van der Waals surface area contributed by atoms with Gasteiger partial charge in [0, 0.05) is 11.4 Å². The summed E-state index contributed by atoms with van der Waals surface area (Å²) in [5.74, 6) is 1.40. The van der Waals surface area contributed by atoms with Crippen LogP contribution in [0.1, 0.15) is 24.1 Å². The van der Waals surface area contributed by atoms with Gasteiger partial charge in [-0.05, 0) is 54.4 Å². The molecular weight excluding hydrogens is 446 g/mol. The van der Waals surface area contributed by atoms with Crippen LogP contribution in [-0.2, 0) is 11.4 Å². The fraction of sp³-hybridized carbons (Fsp3) is 0.185. The maximum atomic E-state index is 13.3. The molecule has 1 atom stereocenters. The highest BCUT2D eigenvalue weighted by molar-refractivity contribution is 6.06. The minimum absolute atomic E-state index is 0.340. The third-order valence-corrected chi connectivity index (χ3v) is 5.62. The summed E-state index contributed by atoms with van der Waals surface area (Å²) in [6.07, 6.45) is 0. The maximum absolute atomic E-state index is 13.3. The highest BCUT2D eigenvalue weighted by Crippen LogP contribution is 2.35. The SMILES string of the molecule is COc1ccc(NC(=O)C2=C(C)NC(=O)N[C@@H]2c2ccc(OC)c(OCc3ccccc3)c2)cc1. The van der Waals surface area contributed by atoms with Crippen LogP contribution in [0.3, 0.4) is 0 Å². The fourth-order valence-electron chi connectivity index (χ4n) is 3.84. The summed E-state index contributed by atoms with van der Waals surface area (Å²) in [7, 11) is 3.14. The Morgan fingerprint density at radius 2 is 1.69 bits per heavy atom. The maximum Gasteiger partial charge on any atom is 0.319 e. The fourth-order valence-corrected chi connectivity index (χ4v) is 3.84. The molecule has 3 N–H and O–H groups in total. The molecule has 1 aliphatic rings. The first-order valence-electron chi connectivity index (χ1n) is 11.1. The van der Waals surface area contributed by atoms with Gasteiger partial charge >= 0.3 is 6.03 Å². The predicted octanol–water partition coefficient (Wildman–Crippen LogP) is 4.55. The Morgan fingerprint density at radius 1 is 0.943 bits per heavy atom. The van der Waals surface area contributed by atoms with E-state index >= 15 is 0 Å². The van der Waals surface area contributed by atoms with E-state index in [-0.39, 0.29) is 5.91 Å². The number of ether oxygens (including phenoxy) is 3. The molecule has 0 spiro atoms. The number of benzene rings is 3. The predicted molar refractivity (Wildman–Crippen MR) is 133 cm³/mol. The average molecular weight is 474 g/mol. The Balaban J connectivity index is 1.62. The molecule has 8 heteroatoms. The van der Waals surface area contributed by atoms with Gasteiger partial charge in [-0.3, -0.25) is 4.79 Å². The largest absolute Gasteiger partial charge is 0.497 e. The minimum atomic E-state index is -0.688. The summed E-state index contributed by atoms with van der Waals surface area (Å²) in [5, 5.41) is 8.43. The number of carbonyl (C=O) groups excluding carboxylic acids is 2. The molecule has 0 fully saturated rings. The van der Waals surface area contributed by atoms with Crippen molar-refractivity contribution < 1.29 is 23.8 Å². The lowest BCUT2D eigenvalue weighted by Gasteiger charge is -2.29. The third-order valence-electron chi connectivity index (χ3n) is 5.62. The normalized spacial score (nSPS) is 15.1. The molecule has 0 aromatic heterocycles. The molecule has 8 nitrogen and oxygen atoms in total. The van der Waals surface area contributed by atoms with E-state index in [0.717, 1.165) is 5.56 Å². The van der Waals surface area contributed by atoms with Crippen molar-refractivity contribution in [3.8, 4) is 17.2 Å². The van der Waals surface area contributed by atoms with Crippen LogP contribution >= 0.6 is 0 Å². The number of hydrogen-bond acceptors (Lipinski definition) is 5. The van der Waals surface area contributed by atoms with E-state index in [9.17, 15) is 9.59 Å². The lowest BCUT2D eigenvalue weighted by Crippen LogP contribution is -2.46. The second kappa shape index (κ2) is 10.6. The summed E-state index contributed by atoms with van der Waals surface area (Å²) in [6, 6.07) is 21.1. The zero-order chi connectivity index (χ0) is 24.8. The number of anilines is 1. The number of carbonyl (C=O) groups is 2. The number of allylic oxidation sites excluding steroid dienone is 1. The van der Waals surface area contributed by atoms with Crippen molar-refractivity contribution in [1.29, 1.82) is 0 Å². The van der Waals surface area contributed by atoms with E-state index in [1.54, 1.807) is 63.6 Å². The van der Waals surface area contributed by atoms with Crippen LogP contribution in [-0.4, -0.2) is 26.2 Å². The van der Waals surface area contributed by atoms with Gasteiger partial charge in [0.05, 0.1) is 25.8 Å². The standard InChI is InChI=1S/C27H27N3O5/c1-17-24(26(31)29-20-10-12-21(33-2)13-11-20)25(30-27(32)28-17)19-9-14-22(34-3)23(15-19)35-16-18-7-5-4-6-8-18/h4-15,25H,16H2,1-3H3,(H,29,31)(H2,28,30,32)/t25-/m1/s1. The van der Waals surface area contributed by atoms with Crippen LogP contribution in [0.15, 0.2) is 84.1 Å². The van der Waals surface area contributed by atoms with E-state index in [4.69, 9.17) is 14.2 Å². The summed E-state index contributed by atoms with van der Waals surface area (Å²) >= 11 is 0. The smallest absolute Gasteiger partial charge is 0.319 e. The molecule has 0 bridgehead atoms. The Bertz CT molecular complexity index is 1240. The van der Waals surface area contributed by atoms with Crippen molar-refractivity contribution in [1.82, 2.24) is 10.6 Å². The summed E-state index contributed by atoms with van der Waals surface area (Å²) in [5.41, 5.74) is 3.15. The topological polar surface area (TPSA) is 97.9 Å². The third kappa shape index (κ3) is 5.55. The lowest BCUT2D eigenvalue weighted by atomic mass is 9.94. The molecule has 0 unspecified atom stereocenters. The minimum Gasteiger partial charge on any atom is -0.497 e. The van der Waals surface area contributed by atoms with Crippen molar-refractivity contribution in [3.63, 3.8) is 0 Å². The average Bonchev–Trinajstić information content (AvgIpc) is 2.87. The van der Waals surface area contributed by atoms with Crippen LogP contribution in [0.4, 0.5) is 10.5 Å². The number of hydrogen-bond donors (Lipinski definition) is 3. The zero-order valence-electron chi connectivity index (χ0n) is 19.8. The van der Waals surface area contributed by atoms with Crippen molar-refractivity contribution in [3.05, 3.63) is 95.2 Å². The molecule has 4 rings (SSSR count). The van der Waals surface area contributed by atoms with E-state index in [1.165, 1.54) is 0 Å². The quantitative estimate of drug-likeness (QED) is 0.446. The Hall–Kier alpha value is -4.46. The van der Waals surface area contributed by atoms with Crippen molar-refractivity contribution >= 4 is 17.6 Å². The van der Waals surface area contributed by atoms with Crippen molar-refractivity contribution in [2.45, 2.75) is 19.6 Å². The molecule has 3 aromatic rings. The first-order chi connectivity index (χ1) is 17.0. The Labute approximate surface area is 203 Å². The molecule has 1 aliphatic heterocycles. The van der Waals surface area contributed by atoms with Crippen LogP contribution in [0.2, 0.25) is 0 Å². The highest BCUT2D eigenvalue weighted by atomic mass is 16.5.